The van der Waals surface area contributed by atoms with Crippen LogP contribution in [0.25, 0.3) is 10.8 Å². The Bertz CT molecular complexity index is 1200. The highest BCUT2D eigenvalue weighted by Crippen LogP contribution is 2.34. The van der Waals surface area contributed by atoms with E-state index in [4.69, 9.17) is 18.9 Å². The lowest BCUT2D eigenvalue weighted by atomic mass is 10.0. The van der Waals surface area contributed by atoms with Crippen molar-refractivity contribution in [1.82, 2.24) is 15.6 Å². The van der Waals surface area contributed by atoms with Gasteiger partial charge in [-0.1, -0.05) is 12.1 Å². The van der Waals surface area contributed by atoms with Gasteiger partial charge in [-0.25, -0.2) is 4.79 Å². The van der Waals surface area contributed by atoms with E-state index in [-0.39, 0.29) is 12.5 Å². The number of nitrogens with one attached hydrogen (secondary N) is 2. The van der Waals surface area contributed by atoms with E-state index in [2.05, 4.69) is 15.6 Å². The third-order valence-corrected chi connectivity index (χ3v) is 5.13. The molecule has 0 aliphatic heterocycles. The van der Waals surface area contributed by atoms with Gasteiger partial charge in [0.1, 0.15) is 11.4 Å². The average Bonchev–Trinajstić information content (AvgIpc) is 2.84. The molecule has 0 aliphatic carbocycles. The Morgan fingerprint density at radius 2 is 1.49 bits per heavy atom. The largest absolute Gasteiger partial charge is 0.497 e. The molecule has 0 saturated heterocycles. The van der Waals surface area contributed by atoms with Gasteiger partial charge in [-0.2, -0.15) is 0 Å². The second kappa shape index (κ2) is 10.9. The number of methoxy groups -OCH3 is 3. The summed E-state index contributed by atoms with van der Waals surface area (Å²) in [7, 11) is 4.66. The van der Waals surface area contributed by atoms with E-state index in [1.807, 2.05) is 24.3 Å². The van der Waals surface area contributed by atoms with Crippen molar-refractivity contribution in [1.29, 1.82) is 0 Å². The Morgan fingerprint density at radius 3 is 2.06 bits per heavy atom. The number of rotatable bonds is 8. The van der Waals surface area contributed by atoms with E-state index in [0.717, 1.165) is 11.3 Å². The topological polar surface area (TPSA) is 108 Å². The monoisotopic (exact) mass is 481 g/mol. The molecule has 0 unspecified atom stereocenters. The van der Waals surface area contributed by atoms with Crippen molar-refractivity contribution in [3.05, 3.63) is 59.4 Å². The van der Waals surface area contributed by atoms with Crippen molar-refractivity contribution in [2.24, 2.45) is 0 Å². The molecule has 0 aliphatic rings. The first-order chi connectivity index (χ1) is 16.6. The molecule has 0 saturated carbocycles. The smallest absolute Gasteiger partial charge is 0.407 e. The number of ether oxygens (including phenoxy) is 4. The maximum Gasteiger partial charge on any atom is 0.407 e. The van der Waals surface area contributed by atoms with Crippen LogP contribution in [0.5, 0.6) is 17.2 Å². The van der Waals surface area contributed by atoms with Crippen LogP contribution in [-0.4, -0.2) is 43.9 Å². The number of aromatic nitrogens is 1. The van der Waals surface area contributed by atoms with Crippen molar-refractivity contribution >= 4 is 22.8 Å². The molecule has 1 aromatic heterocycles. The standard InChI is InChI=1S/C26H31N3O6/c1-26(2,3)35-25(31)29-15-21-19-12-23(34-6)22(33-5)11-18(19)20(14-27-21)24(30)28-13-16-7-9-17(32-4)10-8-16/h7-12,14H,13,15H2,1-6H3,(H,28,30)(H,29,31). The van der Waals surface area contributed by atoms with Gasteiger partial charge in [-0.15, -0.1) is 0 Å². The molecule has 0 spiro atoms. The molecule has 2 amide bonds. The van der Waals surface area contributed by atoms with Gasteiger partial charge in [0.25, 0.3) is 5.91 Å². The third kappa shape index (κ3) is 6.53. The van der Waals surface area contributed by atoms with E-state index in [1.165, 1.54) is 20.4 Å². The maximum absolute atomic E-state index is 13.1. The molecule has 3 rings (SSSR count). The highest BCUT2D eigenvalue weighted by atomic mass is 16.6. The van der Waals surface area contributed by atoms with Crippen molar-refractivity contribution in [3.8, 4) is 17.2 Å². The third-order valence-electron chi connectivity index (χ3n) is 5.13. The van der Waals surface area contributed by atoms with E-state index in [1.54, 1.807) is 40.0 Å². The van der Waals surface area contributed by atoms with Gasteiger partial charge in [-0.05, 0) is 50.6 Å². The Morgan fingerprint density at radius 1 is 0.857 bits per heavy atom. The molecule has 2 N–H and O–H groups in total. The molecular weight excluding hydrogens is 450 g/mol. The summed E-state index contributed by atoms with van der Waals surface area (Å²) in [6, 6.07) is 10.9. The SMILES string of the molecule is COc1ccc(CNC(=O)c2cnc(CNC(=O)OC(C)(C)C)c3cc(OC)c(OC)cc23)cc1. The first-order valence-electron chi connectivity index (χ1n) is 11.1. The first kappa shape index (κ1) is 25.6. The maximum atomic E-state index is 13.1. The van der Waals surface area contributed by atoms with Crippen LogP contribution in [0.15, 0.2) is 42.6 Å². The molecule has 9 nitrogen and oxygen atoms in total. The second-order valence-electron chi connectivity index (χ2n) is 8.76. The fourth-order valence-corrected chi connectivity index (χ4v) is 3.43. The number of fused-ring (bicyclic) bond motifs is 1. The predicted molar refractivity (Wildman–Crippen MR) is 132 cm³/mol. The predicted octanol–water partition coefficient (Wildman–Crippen LogP) is 4.22. The van der Waals surface area contributed by atoms with Crippen molar-refractivity contribution < 1.29 is 28.5 Å². The Labute approximate surface area is 204 Å². The molecule has 2 aromatic carbocycles. The summed E-state index contributed by atoms with van der Waals surface area (Å²) in [5.41, 5.74) is 1.23. The molecule has 35 heavy (non-hydrogen) atoms. The lowest BCUT2D eigenvalue weighted by molar-refractivity contribution is 0.0523. The van der Waals surface area contributed by atoms with E-state index in [0.29, 0.717) is 40.1 Å². The molecule has 0 atom stereocenters. The molecule has 0 radical (unpaired) electrons. The fraction of sp³-hybridized carbons (Fsp3) is 0.346. The van der Waals surface area contributed by atoms with Crippen molar-refractivity contribution in [2.45, 2.75) is 39.5 Å². The van der Waals surface area contributed by atoms with E-state index < -0.39 is 11.7 Å². The summed E-state index contributed by atoms with van der Waals surface area (Å²) >= 11 is 0. The number of amides is 2. The number of alkyl carbamates (subject to hydrolysis) is 1. The Kier molecular flexibility index (Phi) is 8.01. The van der Waals surface area contributed by atoms with Crippen LogP contribution < -0.4 is 24.8 Å². The molecule has 9 heteroatoms. The molecular formula is C26H31N3O6. The van der Waals surface area contributed by atoms with E-state index in [9.17, 15) is 9.59 Å². The summed E-state index contributed by atoms with van der Waals surface area (Å²) in [6.45, 7) is 5.80. The van der Waals surface area contributed by atoms with Gasteiger partial charge < -0.3 is 29.6 Å². The molecule has 3 aromatic rings. The zero-order valence-corrected chi connectivity index (χ0v) is 20.9. The first-order valence-corrected chi connectivity index (χ1v) is 11.1. The minimum absolute atomic E-state index is 0.106. The van der Waals surface area contributed by atoms with Gasteiger partial charge in [0.15, 0.2) is 11.5 Å². The van der Waals surface area contributed by atoms with Gasteiger partial charge in [0.05, 0.1) is 39.1 Å². The van der Waals surface area contributed by atoms with Crippen molar-refractivity contribution in [2.75, 3.05) is 21.3 Å². The van der Waals surface area contributed by atoms with Gasteiger partial charge in [-0.3, -0.25) is 9.78 Å². The molecule has 0 fully saturated rings. The van der Waals surface area contributed by atoms with Gasteiger partial charge in [0, 0.05) is 23.5 Å². The van der Waals surface area contributed by atoms with Crippen LogP contribution in [0, 0.1) is 0 Å². The minimum atomic E-state index is -0.623. The molecule has 186 valence electrons. The number of hydrogen-bond donors (Lipinski definition) is 2. The quantitative estimate of drug-likeness (QED) is 0.496. The number of pyridine rings is 1. The Hall–Kier alpha value is -4.01. The summed E-state index contributed by atoms with van der Waals surface area (Å²) < 4.78 is 21.4. The van der Waals surface area contributed by atoms with Gasteiger partial charge in [0.2, 0.25) is 0 Å². The number of carbonyl (C=O) groups is 2. The fourth-order valence-electron chi connectivity index (χ4n) is 3.43. The number of carbonyl (C=O) groups excluding carboxylic acids is 2. The van der Waals surface area contributed by atoms with Crippen LogP contribution in [0.2, 0.25) is 0 Å². The van der Waals surface area contributed by atoms with Crippen LogP contribution >= 0.6 is 0 Å². The number of benzene rings is 2. The van der Waals surface area contributed by atoms with Crippen LogP contribution in [0.1, 0.15) is 42.4 Å². The minimum Gasteiger partial charge on any atom is -0.497 e. The van der Waals surface area contributed by atoms with Crippen molar-refractivity contribution in [3.63, 3.8) is 0 Å². The van der Waals surface area contributed by atoms with Crippen LogP contribution in [0.3, 0.4) is 0 Å². The summed E-state index contributed by atoms with van der Waals surface area (Å²) in [5, 5.41) is 6.90. The lowest BCUT2D eigenvalue weighted by Crippen LogP contribution is -2.32. The highest BCUT2D eigenvalue weighted by molar-refractivity contribution is 6.08. The normalized spacial score (nSPS) is 11.0. The average molecular weight is 482 g/mol. The van der Waals surface area contributed by atoms with Crippen LogP contribution in [0.4, 0.5) is 4.79 Å². The number of nitrogens with zero attached hydrogens (tertiary/aromatic N) is 1. The zero-order chi connectivity index (χ0) is 25.6. The second-order valence-corrected chi connectivity index (χ2v) is 8.76. The lowest BCUT2D eigenvalue weighted by Gasteiger charge is -2.20. The Balaban J connectivity index is 1.90. The summed E-state index contributed by atoms with van der Waals surface area (Å²) in [5.74, 6) is 1.40. The van der Waals surface area contributed by atoms with Gasteiger partial charge >= 0.3 is 6.09 Å². The van der Waals surface area contributed by atoms with Crippen LogP contribution in [-0.2, 0) is 17.8 Å². The molecule has 0 bridgehead atoms. The molecule has 1 heterocycles. The highest BCUT2D eigenvalue weighted by Gasteiger charge is 2.19. The summed E-state index contributed by atoms with van der Waals surface area (Å²) in [4.78, 5) is 29.7. The zero-order valence-electron chi connectivity index (χ0n) is 20.9. The summed E-state index contributed by atoms with van der Waals surface area (Å²) in [6.07, 6.45) is 0.929. The number of hydrogen-bond acceptors (Lipinski definition) is 7. The van der Waals surface area contributed by atoms with E-state index >= 15 is 0 Å².